The molecule has 0 fully saturated rings. The molecule has 0 amide bonds. The second-order valence-electron chi connectivity index (χ2n) is 8.47. The number of carbonyl (C=O) groups excluding carboxylic acids is 2. The maximum atomic E-state index is 12.9. The molecular weight excluding hydrogens is 426 g/mol. The molecule has 0 spiro atoms. The minimum Gasteiger partial charge on any atom is -0.470 e. The van der Waals surface area contributed by atoms with E-state index in [4.69, 9.17) is 18.7 Å². The summed E-state index contributed by atoms with van der Waals surface area (Å²) in [4.78, 5) is 25.2. The zero-order valence-electron chi connectivity index (χ0n) is 18.5. The normalized spacial score (nSPS) is 11.1. The Bertz CT molecular complexity index is 1030. The predicted octanol–water partition coefficient (Wildman–Crippen LogP) is 4.90. The van der Waals surface area contributed by atoms with Crippen molar-refractivity contribution in [2.24, 2.45) is 0 Å². The third-order valence-corrected chi connectivity index (χ3v) is 6.23. The Balaban J connectivity index is 1.75. The van der Waals surface area contributed by atoms with Crippen molar-refractivity contribution < 1.29 is 28.3 Å². The summed E-state index contributed by atoms with van der Waals surface area (Å²) in [6.07, 6.45) is -0.243. The summed E-state index contributed by atoms with van der Waals surface area (Å²) in [6, 6.07) is 18.9. The van der Waals surface area contributed by atoms with Crippen molar-refractivity contribution in [3.8, 4) is 11.6 Å². The van der Waals surface area contributed by atoms with E-state index in [2.05, 4.69) is 24.8 Å². The molecule has 0 aliphatic carbocycles. The molecule has 3 aromatic rings. The van der Waals surface area contributed by atoms with Gasteiger partial charge in [-0.15, -0.1) is 0 Å². The van der Waals surface area contributed by atoms with Crippen LogP contribution in [0.4, 0.5) is 0 Å². The molecule has 1 aromatic heterocycles. The van der Waals surface area contributed by atoms with Crippen LogP contribution in [0.5, 0.6) is 11.6 Å². The van der Waals surface area contributed by atoms with Gasteiger partial charge in [-0.1, -0.05) is 68.2 Å². The number of carbonyl (C=O) groups is 2. The molecule has 0 saturated heterocycles. The number of aromatic nitrogens is 1. The van der Waals surface area contributed by atoms with Crippen molar-refractivity contribution in [3.05, 3.63) is 77.6 Å². The van der Waals surface area contributed by atoms with Gasteiger partial charge in [-0.25, -0.2) is 4.79 Å². The van der Waals surface area contributed by atoms with E-state index in [1.54, 1.807) is 24.3 Å². The summed E-state index contributed by atoms with van der Waals surface area (Å²) in [6.45, 7) is 7.12. The lowest BCUT2D eigenvalue weighted by molar-refractivity contribution is -0.142. The standard InChI is InChI=1S/C24H27NO6Si/c1-32(2,3)15-14-28-21(26)16-20-22(24(27)30-19-12-8-5-9-13-19)23(25-31-20)29-17-18-10-6-4-7-11-18/h4-13H,14-17H2,1-3H3. The molecule has 3 rings (SSSR count). The summed E-state index contributed by atoms with van der Waals surface area (Å²) >= 11 is 0. The van der Waals surface area contributed by atoms with E-state index in [0.717, 1.165) is 11.6 Å². The first-order valence-corrected chi connectivity index (χ1v) is 14.1. The van der Waals surface area contributed by atoms with Gasteiger partial charge < -0.3 is 18.7 Å². The zero-order chi connectivity index (χ0) is 23.0. The molecule has 0 unspecified atom stereocenters. The highest BCUT2D eigenvalue weighted by Crippen LogP contribution is 2.26. The molecule has 0 aliphatic heterocycles. The van der Waals surface area contributed by atoms with Crippen molar-refractivity contribution in [2.45, 2.75) is 38.7 Å². The van der Waals surface area contributed by atoms with Gasteiger partial charge in [0.05, 0.1) is 6.61 Å². The van der Waals surface area contributed by atoms with E-state index in [0.29, 0.717) is 12.4 Å². The summed E-state index contributed by atoms with van der Waals surface area (Å²) in [5.74, 6) is -0.837. The van der Waals surface area contributed by atoms with Crippen LogP contribution in [0.15, 0.2) is 65.2 Å². The lowest BCUT2D eigenvalue weighted by atomic mass is 10.2. The molecule has 0 saturated carbocycles. The molecule has 2 aromatic carbocycles. The van der Waals surface area contributed by atoms with Gasteiger partial charge in [0.15, 0.2) is 11.3 Å². The van der Waals surface area contributed by atoms with E-state index < -0.39 is 20.0 Å². The summed E-state index contributed by atoms with van der Waals surface area (Å²) < 4.78 is 21.8. The average molecular weight is 454 g/mol. The first-order valence-electron chi connectivity index (χ1n) is 10.4. The third kappa shape index (κ3) is 7.09. The highest BCUT2D eigenvalue weighted by molar-refractivity contribution is 6.76. The number of benzene rings is 2. The van der Waals surface area contributed by atoms with Crippen molar-refractivity contribution >= 4 is 20.0 Å². The van der Waals surface area contributed by atoms with Crippen LogP contribution < -0.4 is 9.47 Å². The highest BCUT2D eigenvalue weighted by atomic mass is 28.3. The SMILES string of the molecule is C[Si](C)(C)CCOC(=O)Cc1onc(OCc2ccccc2)c1C(=O)Oc1ccccc1. The van der Waals surface area contributed by atoms with E-state index in [1.165, 1.54) is 0 Å². The van der Waals surface area contributed by atoms with Crippen LogP contribution in [0.3, 0.4) is 0 Å². The molecule has 1 heterocycles. The molecule has 0 atom stereocenters. The Morgan fingerprint density at radius 2 is 1.62 bits per heavy atom. The molecule has 168 valence electrons. The molecule has 0 radical (unpaired) electrons. The molecule has 8 heteroatoms. The number of para-hydroxylation sites is 1. The van der Waals surface area contributed by atoms with Gasteiger partial charge in [0.25, 0.3) is 5.88 Å². The number of nitrogens with zero attached hydrogens (tertiary/aromatic N) is 1. The van der Waals surface area contributed by atoms with E-state index in [9.17, 15) is 9.59 Å². The third-order valence-electron chi connectivity index (χ3n) is 4.53. The van der Waals surface area contributed by atoms with Gasteiger partial charge in [0, 0.05) is 8.07 Å². The maximum Gasteiger partial charge on any atom is 0.352 e. The van der Waals surface area contributed by atoms with Crippen LogP contribution >= 0.6 is 0 Å². The van der Waals surface area contributed by atoms with Crippen LogP contribution in [0.25, 0.3) is 0 Å². The number of hydrogen-bond donors (Lipinski definition) is 0. The van der Waals surface area contributed by atoms with Gasteiger partial charge in [-0.3, -0.25) is 4.79 Å². The Hall–Kier alpha value is -3.39. The van der Waals surface area contributed by atoms with E-state index in [-0.39, 0.29) is 30.2 Å². The molecule has 32 heavy (non-hydrogen) atoms. The summed E-state index contributed by atoms with van der Waals surface area (Å²) in [5, 5.41) is 3.87. The van der Waals surface area contributed by atoms with Crippen LogP contribution in [0.2, 0.25) is 25.7 Å². The minimum atomic E-state index is -1.33. The van der Waals surface area contributed by atoms with E-state index >= 15 is 0 Å². The fraction of sp³-hybridized carbons (Fsp3) is 0.292. The van der Waals surface area contributed by atoms with Crippen molar-refractivity contribution in [1.29, 1.82) is 0 Å². The predicted molar refractivity (Wildman–Crippen MR) is 121 cm³/mol. The molecular formula is C24H27NO6Si. The Labute approximate surface area is 188 Å². The molecule has 0 N–H and O–H groups in total. The first-order chi connectivity index (χ1) is 15.3. The van der Waals surface area contributed by atoms with Gasteiger partial charge in [0.1, 0.15) is 18.8 Å². The molecule has 0 aliphatic rings. The van der Waals surface area contributed by atoms with Gasteiger partial charge >= 0.3 is 11.9 Å². The lowest BCUT2D eigenvalue weighted by Crippen LogP contribution is -2.23. The minimum absolute atomic E-state index is 0.0214. The summed E-state index contributed by atoms with van der Waals surface area (Å²) in [7, 11) is -1.33. The van der Waals surface area contributed by atoms with Crippen LogP contribution in [-0.4, -0.2) is 31.8 Å². The largest absolute Gasteiger partial charge is 0.470 e. The number of hydrogen-bond acceptors (Lipinski definition) is 7. The van der Waals surface area contributed by atoms with Gasteiger partial charge in [0.2, 0.25) is 0 Å². The fourth-order valence-corrected chi connectivity index (χ4v) is 3.47. The smallest absolute Gasteiger partial charge is 0.352 e. The highest BCUT2D eigenvalue weighted by Gasteiger charge is 2.28. The Morgan fingerprint density at radius 3 is 2.28 bits per heavy atom. The topological polar surface area (TPSA) is 87.9 Å². The number of ether oxygens (including phenoxy) is 3. The van der Waals surface area contributed by atoms with Crippen molar-refractivity contribution in [1.82, 2.24) is 5.16 Å². The second-order valence-corrected chi connectivity index (χ2v) is 14.1. The second kappa shape index (κ2) is 10.8. The molecule has 0 bridgehead atoms. The number of rotatable bonds is 10. The Kier molecular flexibility index (Phi) is 7.83. The quantitative estimate of drug-likeness (QED) is 0.245. The monoisotopic (exact) mass is 453 g/mol. The molecule has 7 nitrogen and oxygen atoms in total. The van der Waals surface area contributed by atoms with E-state index in [1.807, 2.05) is 36.4 Å². The lowest BCUT2D eigenvalue weighted by Gasteiger charge is -2.15. The number of esters is 2. The Morgan fingerprint density at radius 1 is 0.969 bits per heavy atom. The van der Waals surface area contributed by atoms with Crippen molar-refractivity contribution in [2.75, 3.05) is 6.61 Å². The van der Waals surface area contributed by atoms with Crippen LogP contribution in [0, 0.1) is 0 Å². The maximum absolute atomic E-state index is 12.9. The van der Waals surface area contributed by atoms with Crippen LogP contribution in [0.1, 0.15) is 21.7 Å². The first kappa shape index (κ1) is 23.3. The zero-order valence-corrected chi connectivity index (χ0v) is 19.5. The average Bonchev–Trinajstić information content (AvgIpc) is 3.15. The van der Waals surface area contributed by atoms with Gasteiger partial charge in [-0.05, 0) is 28.9 Å². The van der Waals surface area contributed by atoms with Crippen molar-refractivity contribution in [3.63, 3.8) is 0 Å². The van der Waals surface area contributed by atoms with Crippen LogP contribution in [-0.2, 0) is 22.6 Å². The fourth-order valence-electron chi connectivity index (χ4n) is 2.75. The van der Waals surface area contributed by atoms with Gasteiger partial charge in [-0.2, -0.15) is 0 Å². The summed E-state index contributed by atoms with van der Waals surface area (Å²) in [5.41, 5.74) is 0.872.